The number of carbonyl (C=O) groups is 1. The van der Waals surface area contributed by atoms with E-state index >= 15 is 0 Å². The van der Waals surface area contributed by atoms with Crippen LogP contribution < -0.4 is 5.32 Å². The number of carbonyl (C=O) groups excluding carboxylic acids is 1. The molecule has 1 amide bonds. The zero-order valence-corrected chi connectivity index (χ0v) is 16.1. The Balaban J connectivity index is 1.66. The molecule has 6 nitrogen and oxygen atoms in total. The third kappa shape index (κ3) is 4.61. The maximum atomic E-state index is 13.0. The lowest BCUT2D eigenvalue weighted by atomic mass is 10.1. The highest BCUT2D eigenvalue weighted by Crippen LogP contribution is 2.34. The third-order valence-corrected chi connectivity index (χ3v) is 6.15. The van der Waals surface area contributed by atoms with Crippen molar-refractivity contribution in [3.63, 3.8) is 0 Å². The molecule has 3 rings (SSSR count). The van der Waals surface area contributed by atoms with E-state index in [1.807, 2.05) is 6.92 Å². The number of thioether (sulfide) groups is 1. The summed E-state index contributed by atoms with van der Waals surface area (Å²) in [5.74, 6) is -0.487. The topological polar surface area (TPSA) is 85.1 Å². The van der Waals surface area contributed by atoms with Gasteiger partial charge in [0.1, 0.15) is 5.82 Å². The van der Waals surface area contributed by atoms with Gasteiger partial charge in [-0.25, -0.2) is 9.37 Å². The van der Waals surface area contributed by atoms with Crippen molar-refractivity contribution in [3.8, 4) is 0 Å². The van der Waals surface area contributed by atoms with Crippen LogP contribution in [0, 0.1) is 15.9 Å². The molecule has 0 radical (unpaired) electrons. The summed E-state index contributed by atoms with van der Waals surface area (Å²) in [7, 11) is 0. The lowest BCUT2D eigenvalue weighted by Gasteiger charge is -2.17. The Morgan fingerprint density at radius 1 is 1.26 bits per heavy atom. The van der Waals surface area contributed by atoms with Gasteiger partial charge >= 0.3 is 0 Å². The molecule has 0 unspecified atom stereocenters. The molecule has 140 valence electrons. The number of nitro groups is 1. The maximum Gasteiger partial charge on any atom is 0.270 e. The molecule has 2 atom stereocenters. The van der Waals surface area contributed by atoms with Gasteiger partial charge in [0.15, 0.2) is 4.34 Å². The van der Waals surface area contributed by atoms with Crippen molar-refractivity contribution in [2.24, 2.45) is 0 Å². The molecule has 0 aliphatic carbocycles. The predicted molar refractivity (Wildman–Crippen MR) is 105 cm³/mol. The van der Waals surface area contributed by atoms with Crippen LogP contribution in [0.4, 0.5) is 10.1 Å². The van der Waals surface area contributed by atoms with Crippen molar-refractivity contribution in [2.75, 3.05) is 0 Å². The number of hydrogen-bond donors (Lipinski definition) is 1. The number of nitro benzene ring substituents is 1. The van der Waals surface area contributed by atoms with Gasteiger partial charge < -0.3 is 5.32 Å². The Morgan fingerprint density at radius 3 is 2.63 bits per heavy atom. The molecule has 9 heteroatoms. The largest absolute Gasteiger partial charge is 0.349 e. The minimum absolute atomic E-state index is 0.0154. The van der Waals surface area contributed by atoms with Crippen LogP contribution in [0.25, 0.3) is 10.2 Å². The number of rotatable bonds is 6. The molecule has 1 heterocycles. The minimum Gasteiger partial charge on any atom is -0.349 e. The molecule has 0 saturated heterocycles. The molecule has 27 heavy (non-hydrogen) atoms. The van der Waals surface area contributed by atoms with Crippen LogP contribution in [0.15, 0.2) is 46.8 Å². The molecule has 0 fully saturated rings. The minimum atomic E-state index is -0.446. The van der Waals surface area contributed by atoms with Crippen LogP contribution in [0.3, 0.4) is 0 Å². The number of nitrogens with zero attached hydrogens (tertiary/aromatic N) is 2. The number of thiazole rings is 1. The Morgan fingerprint density at radius 2 is 1.96 bits per heavy atom. The summed E-state index contributed by atoms with van der Waals surface area (Å²) in [4.78, 5) is 27.3. The van der Waals surface area contributed by atoms with Crippen LogP contribution in [-0.2, 0) is 4.79 Å². The highest BCUT2D eigenvalue weighted by molar-refractivity contribution is 8.02. The van der Waals surface area contributed by atoms with Crippen molar-refractivity contribution in [3.05, 3.63) is 64.0 Å². The molecule has 0 bridgehead atoms. The predicted octanol–water partition coefficient (Wildman–Crippen LogP) is 4.70. The Hall–Kier alpha value is -2.52. The summed E-state index contributed by atoms with van der Waals surface area (Å²) in [5.41, 5.74) is 1.50. The van der Waals surface area contributed by atoms with E-state index in [0.29, 0.717) is 14.6 Å². The Labute approximate surface area is 163 Å². The quantitative estimate of drug-likeness (QED) is 0.365. The molecule has 0 aliphatic heterocycles. The SMILES string of the molecule is C[C@H](Sc1nc2ccc([N+](=O)[O-])cc2s1)C(=O)N[C@@H](C)c1ccc(F)cc1. The summed E-state index contributed by atoms with van der Waals surface area (Å²) in [6, 6.07) is 10.2. The van der Waals surface area contributed by atoms with Gasteiger partial charge in [0, 0.05) is 12.1 Å². The van der Waals surface area contributed by atoms with Gasteiger partial charge in [0.2, 0.25) is 5.91 Å². The first kappa shape index (κ1) is 19.2. The smallest absolute Gasteiger partial charge is 0.270 e. The third-order valence-electron chi connectivity index (χ3n) is 3.94. The van der Waals surface area contributed by atoms with E-state index in [2.05, 4.69) is 10.3 Å². The normalized spacial score (nSPS) is 13.3. The zero-order chi connectivity index (χ0) is 19.6. The zero-order valence-electron chi connectivity index (χ0n) is 14.5. The average Bonchev–Trinajstić information content (AvgIpc) is 3.03. The number of non-ortho nitro benzene ring substituents is 1. The fourth-order valence-corrected chi connectivity index (χ4v) is 4.68. The van der Waals surface area contributed by atoms with Crippen molar-refractivity contribution < 1.29 is 14.1 Å². The molecule has 0 aliphatic rings. The van der Waals surface area contributed by atoms with Crippen molar-refractivity contribution in [1.82, 2.24) is 10.3 Å². The van der Waals surface area contributed by atoms with Gasteiger partial charge in [0.05, 0.1) is 26.4 Å². The lowest BCUT2D eigenvalue weighted by molar-refractivity contribution is -0.384. The summed E-state index contributed by atoms with van der Waals surface area (Å²) >= 11 is 2.61. The molecular formula is C18H16FN3O3S2. The standard InChI is InChI=1S/C18H16FN3O3S2/c1-10(12-3-5-13(19)6-4-12)20-17(23)11(2)26-18-21-15-8-7-14(22(24)25)9-16(15)27-18/h3-11H,1-2H3,(H,20,23)/t10-,11-/m0/s1. The summed E-state index contributed by atoms with van der Waals surface area (Å²) < 4.78 is 14.4. The summed E-state index contributed by atoms with van der Waals surface area (Å²) in [5, 5.41) is 13.4. The fraction of sp³-hybridized carbons (Fsp3) is 0.222. The second-order valence-electron chi connectivity index (χ2n) is 5.93. The molecule has 3 aromatic rings. The van der Waals surface area contributed by atoms with Crippen LogP contribution in [0.2, 0.25) is 0 Å². The lowest BCUT2D eigenvalue weighted by Crippen LogP contribution is -2.33. The fourth-order valence-electron chi connectivity index (χ4n) is 2.43. The number of benzene rings is 2. The van der Waals surface area contributed by atoms with E-state index in [-0.39, 0.29) is 23.5 Å². The number of halogens is 1. The first-order valence-electron chi connectivity index (χ1n) is 8.11. The Bertz CT molecular complexity index is 991. The molecule has 1 N–H and O–H groups in total. The molecule has 0 saturated carbocycles. The molecule has 2 aromatic carbocycles. The first-order valence-corrected chi connectivity index (χ1v) is 9.80. The summed E-state index contributed by atoms with van der Waals surface area (Å²) in [6.45, 7) is 3.60. The monoisotopic (exact) mass is 405 g/mol. The van der Waals surface area contributed by atoms with Crippen LogP contribution in [0.5, 0.6) is 0 Å². The van der Waals surface area contributed by atoms with Crippen LogP contribution in [-0.4, -0.2) is 21.1 Å². The highest BCUT2D eigenvalue weighted by Gasteiger charge is 2.20. The van der Waals surface area contributed by atoms with Gasteiger partial charge in [-0.2, -0.15) is 0 Å². The van der Waals surface area contributed by atoms with E-state index in [1.54, 1.807) is 25.1 Å². The van der Waals surface area contributed by atoms with E-state index in [4.69, 9.17) is 0 Å². The Kier molecular flexibility index (Phi) is 5.71. The van der Waals surface area contributed by atoms with Crippen LogP contribution in [0.1, 0.15) is 25.5 Å². The van der Waals surface area contributed by atoms with Gasteiger partial charge in [-0.1, -0.05) is 23.9 Å². The number of amides is 1. The first-order chi connectivity index (χ1) is 12.8. The molecule has 1 aromatic heterocycles. The van der Waals surface area contributed by atoms with E-state index in [1.165, 1.54) is 47.4 Å². The highest BCUT2D eigenvalue weighted by atomic mass is 32.2. The number of nitrogens with one attached hydrogen (secondary N) is 1. The number of hydrogen-bond acceptors (Lipinski definition) is 6. The van der Waals surface area contributed by atoms with Gasteiger partial charge in [0.25, 0.3) is 5.69 Å². The van der Waals surface area contributed by atoms with Crippen LogP contribution >= 0.6 is 23.1 Å². The molecule has 0 spiro atoms. The maximum absolute atomic E-state index is 13.0. The second kappa shape index (κ2) is 8.01. The average molecular weight is 405 g/mol. The van der Waals surface area contributed by atoms with Crippen molar-refractivity contribution >= 4 is 44.9 Å². The van der Waals surface area contributed by atoms with Crippen molar-refractivity contribution in [1.29, 1.82) is 0 Å². The second-order valence-corrected chi connectivity index (χ2v) is 8.55. The van der Waals surface area contributed by atoms with E-state index in [9.17, 15) is 19.3 Å². The number of fused-ring (bicyclic) bond motifs is 1. The van der Waals surface area contributed by atoms with Crippen molar-refractivity contribution in [2.45, 2.75) is 29.5 Å². The van der Waals surface area contributed by atoms with Gasteiger partial charge in [-0.15, -0.1) is 11.3 Å². The molecular weight excluding hydrogens is 389 g/mol. The van der Waals surface area contributed by atoms with Gasteiger partial charge in [-0.3, -0.25) is 14.9 Å². The summed E-state index contributed by atoms with van der Waals surface area (Å²) in [6.07, 6.45) is 0. The van der Waals surface area contributed by atoms with Gasteiger partial charge in [-0.05, 0) is 37.6 Å². The number of aromatic nitrogens is 1. The van der Waals surface area contributed by atoms with E-state index < -0.39 is 10.2 Å². The van der Waals surface area contributed by atoms with E-state index in [0.717, 1.165) is 5.56 Å².